The summed E-state index contributed by atoms with van der Waals surface area (Å²) in [6, 6.07) is -0.695. The number of nitrogens with zero attached hydrogens (tertiary/aromatic N) is 3. The maximum atomic E-state index is 12.7. The van der Waals surface area contributed by atoms with Crippen molar-refractivity contribution in [3.8, 4) is 0 Å². The zero-order chi connectivity index (χ0) is 28.2. The Balaban J connectivity index is 0.00000441. The first-order valence-corrected chi connectivity index (χ1v) is 15.4. The number of urea groups is 1. The predicted octanol–water partition coefficient (Wildman–Crippen LogP) is 0.203. The minimum atomic E-state index is -3.93. The van der Waals surface area contributed by atoms with Gasteiger partial charge in [-0.3, -0.25) is 18.7 Å². The van der Waals surface area contributed by atoms with E-state index in [2.05, 4.69) is 27.5 Å². The van der Waals surface area contributed by atoms with Crippen LogP contribution in [-0.2, 0) is 23.3 Å². The van der Waals surface area contributed by atoms with Gasteiger partial charge in [0, 0.05) is 45.5 Å². The summed E-state index contributed by atoms with van der Waals surface area (Å²) >= 11 is 0. The maximum absolute atomic E-state index is 12.7. The molecule has 0 aromatic carbocycles. The van der Waals surface area contributed by atoms with Gasteiger partial charge in [-0.15, -0.1) is 0 Å². The fourth-order valence-electron chi connectivity index (χ4n) is 5.98. The molecule has 1 aliphatic heterocycles. The summed E-state index contributed by atoms with van der Waals surface area (Å²) < 4.78 is 31.3. The molecular formula is C26H42N6O7S. The third-order valence-corrected chi connectivity index (χ3v) is 9.67. The van der Waals surface area contributed by atoms with Crippen molar-refractivity contribution in [3.05, 3.63) is 44.8 Å². The number of piperidine rings is 1. The van der Waals surface area contributed by atoms with Crippen LogP contribution in [0.1, 0.15) is 62.7 Å². The monoisotopic (exact) mass is 582 g/mol. The Hall–Kier alpha value is -2.97. The molecule has 0 unspecified atom stereocenters. The van der Waals surface area contributed by atoms with Crippen molar-refractivity contribution in [2.45, 2.75) is 65.5 Å². The topological polar surface area (TPSA) is 183 Å². The van der Waals surface area contributed by atoms with Crippen LogP contribution in [-0.4, -0.2) is 65.5 Å². The van der Waals surface area contributed by atoms with Crippen LogP contribution < -0.4 is 26.6 Å². The molecule has 1 aromatic heterocycles. The first kappa shape index (κ1) is 31.6. The Morgan fingerprint density at radius 3 is 2.38 bits per heavy atom. The second-order valence-electron chi connectivity index (χ2n) is 10.8. The van der Waals surface area contributed by atoms with Gasteiger partial charge in [-0.25, -0.2) is 14.3 Å². The lowest BCUT2D eigenvalue weighted by Crippen LogP contribution is -2.50. The van der Waals surface area contributed by atoms with E-state index in [-0.39, 0.29) is 36.6 Å². The Labute approximate surface area is 234 Å². The van der Waals surface area contributed by atoms with Gasteiger partial charge in [0.05, 0.1) is 0 Å². The van der Waals surface area contributed by atoms with E-state index >= 15 is 0 Å². The van der Waals surface area contributed by atoms with E-state index in [1.165, 1.54) is 15.1 Å². The molecule has 2 heterocycles. The normalized spacial score (nSPS) is 22.6. The van der Waals surface area contributed by atoms with Gasteiger partial charge >= 0.3 is 21.9 Å². The van der Waals surface area contributed by atoms with Gasteiger partial charge in [-0.2, -0.15) is 12.7 Å². The van der Waals surface area contributed by atoms with Gasteiger partial charge in [-0.05, 0) is 69.1 Å². The lowest BCUT2D eigenvalue weighted by Gasteiger charge is -2.31. The number of fused-ring (bicyclic) bond motifs is 2. The second-order valence-corrected chi connectivity index (χ2v) is 12.5. The van der Waals surface area contributed by atoms with Crippen molar-refractivity contribution >= 4 is 22.1 Å². The standard InChI is InChI=1S/C26H40N6O6S.H2O/c1-3-11-30-17-22(24(34)32(4-2)26(30)36)23(33)27-10-7-18-8-12-31(13-9-18)39(37,38)29-25(35)28-16-21-15-19-5-6-20(21)14-19;/h5-6,17-21H,3-4,7-16H2,1-2H3,(H,27,33)(H2,28,29,35);1H2/t19-,20-,21+;/m1./s1. The van der Waals surface area contributed by atoms with E-state index < -0.39 is 33.4 Å². The molecule has 3 atom stereocenters. The molecular weight excluding hydrogens is 540 g/mol. The molecule has 14 heteroatoms. The molecule has 0 radical (unpaired) electrons. The lowest BCUT2D eigenvalue weighted by atomic mass is 9.94. The van der Waals surface area contributed by atoms with Gasteiger partial charge < -0.3 is 16.1 Å². The first-order chi connectivity index (χ1) is 18.6. The second kappa shape index (κ2) is 13.6. The molecule has 4 rings (SSSR count). The molecule has 2 aliphatic carbocycles. The third-order valence-electron chi connectivity index (χ3n) is 8.18. The Kier molecular flexibility index (Phi) is 10.7. The van der Waals surface area contributed by atoms with Gasteiger partial charge in [0.15, 0.2) is 0 Å². The highest BCUT2D eigenvalue weighted by molar-refractivity contribution is 7.87. The van der Waals surface area contributed by atoms with E-state index in [9.17, 15) is 27.6 Å². The molecule has 5 N–H and O–H groups in total. The van der Waals surface area contributed by atoms with Crippen molar-refractivity contribution in [2.24, 2.45) is 23.7 Å². The van der Waals surface area contributed by atoms with Crippen molar-refractivity contribution < 1.29 is 23.5 Å². The highest BCUT2D eigenvalue weighted by atomic mass is 32.2. The minimum Gasteiger partial charge on any atom is -0.412 e. The maximum Gasteiger partial charge on any atom is 0.330 e. The largest absolute Gasteiger partial charge is 0.412 e. The zero-order valence-corrected chi connectivity index (χ0v) is 24.0. The summed E-state index contributed by atoms with van der Waals surface area (Å²) in [5, 5.41) is 5.49. The van der Waals surface area contributed by atoms with E-state index in [0.717, 1.165) is 17.4 Å². The van der Waals surface area contributed by atoms with Crippen LogP contribution in [0, 0.1) is 23.7 Å². The number of hydrogen-bond donors (Lipinski definition) is 3. The van der Waals surface area contributed by atoms with Crippen LogP contribution in [0.3, 0.4) is 0 Å². The number of aryl methyl sites for hydroxylation is 1. The molecule has 0 spiro atoms. The summed E-state index contributed by atoms with van der Waals surface area (Å²) in [5.41, 5.74) is -1.09. The number of carbonyl (C=O) groups excluding carboxylic acids is 2. The molecule has 3 amide bonds. The first-order valence-electron chi connectivity index (χ1n) is 14.0. The quantitative estimate of drug-likeness (QED) is 0.313. The SMILES string of the molecule is CCCn1cc(C(=O)NCCC2CCN(S(=O)(=O)NC(=O)NC[C@@H]3C[C@@H]4C=C[C@@H]3C4)CC2)c(=O)n(CC)c1=O.O. The van der Waals surface area contributed by atoms with Crippen molar-refractivity contribution in [2.75, 3.05) is 26.2 Å². The molecule has 2 fully saturated rings. The number of aromatic nitrogens is 2. The fraction of sp³-hybridized carbons (Fsp3) is 0.692. The Morgan fingerprint density at radius 2 is 1.77 bits per heavy atom. The summed E-state index contributed by atoms with van der Waals surface area (Å²) in [4.78, 5) is 50.0. The lowest BCUT2D eigenvalue weighted by molar-refractivity contribution is 0.0946. The fourth-order valence-corrected chi connectivity index (χ4v) is 7.11. The average Bonchev–Trinajstić information content (AvgIpc) is 3.53. The molecule has 3 aliphatic rings. The zero-order valence-electron chi connectivity index (χ0n) is 23.2. The Bertz CT molecular complexity index is 1310. The van der Waals surface area contributed by atoms with Crippen LogP contribution in [0.5, 0.6) is 0 Å². The van der Waals surface area contributed by atoms with Gasteiger partial charge in [-0.1, -0.05) is 19.1 Å². The molecule has 1 aromatic rings. The van der Waals surface area contributed by atoms with E-state index in [1.54, 1.807) is 6.92 Å². The number of nitrogens with one attached hydrogen (secondary N) is 3. The highest BCUT2D eigenvalue weighted by Gasteiger charge is 2.36. The molecule has 224 valence electrons. The van der Waals surface area contributed by atoms with Crippen LogP contribution in [0.25, 0.3) is 0 Å². The summed E-state index contributed by atoms with van der Waals surface area (Å²) in [6.07, 6.45) is 10.4. The molecule has 13 nitrogen and oxygen atoms in total. The highest BCUT2D eigenvalue weighted by Crippen LogP contribution is 2.42. The average molecular weight is 583 g/mol. The van der Waals surface area contributed by atoms with E-state index in [4.69, 9.17) is 0 Å². The summed E-state index contributed by atoms with van der Waals surface area (Å²) in [7, 11) is -3.93. The van der Waals surface area contributed by atoms with Crippen molar-refractivity contribution in [1.29, 1.82) is 0 Å². The molecule has 40 heavy (non-hydrogen) atoms. The van der Waals surface area contributed by atoms with Crippen LogP contribution in [0.15, 0.2) is 27.9 Å². The number of rotatable bonds is 11. The number of amides is 3. The molecule has 1 saturated heterocycles. The van der Waals surface area contributed by atoms with Crippen molar-refractivity contribution in [1.82, 2.24) is 28.8 Å². The van der Waals surface area contributed by atoms with Crippen LogP contribution in [0.2, 0.25) is 0 Å². The minimum absolute atomic E-state index is 0. The van der Waals surface area contributed by atoms with E-state index in [1.807, 2.05) is 6.92 Å². The predicted molar refractivity (Wildman–Crippen MR) is 150 cm³/mol. The van der Waals surface area contributed by atoms with Crippen molar-refractivity contribution in [3.63, 3.8) is 0 Å². The van der Waals surface area contributed by atoms with Crippen LogP contribution in [0.4, 0.5) is 4.79 Å². The number of allylic oxidation sites excluding steroid dienone is 2. The smallest absolute Gasteiger partial charge is 0.330 e. The Morgan fingerprint density at radius 1 is 1.05 bits per heavy atom. The van der Waals surface area contributed by atoms with Gasteiger partial charge in [0.25, 0.3) is 11.5 Å². The van der Waals surface area contributed by atoms with Gasteiger partial charge in [0.2, 0.25) is 0 Å². The summed E-state index contributed by atoms with van der Waals surface area (Å²) in [6.45, 7) is 5.54. The third kappa shape index (κ3) is 7.21. The van der Waals surface area contributed by atoms with E-state index in [0.29, 0.717) is 63.1 Å². The van der Waals surface area contributed by atoms with Gasteiger partial charge in [0.1, 0.15) is 5.56 Å². The molecule has 2 bridgehead atoms. The molecule has 1 saturated carbocycles. The number of carbonyl (C=O) groups is 2. The van der Waals surface area contributed by atoms with Crippen LogP contribution >= 0.6 is 0 Å². The number of hydrogen-bond acceptors (Lipinski definition) is 6. The summed E-state index contributed by atoms with van der Waals surface area (Å²) in [5.74, 6) is 1.09.